The molecule has 2 N–H and O–H groups in total. The van der Waals surface area contributed by atoms with Crippen LogP contribution in [0.4, 0.5) is 11.6 Å². The zero-order chi connectivity index (χ0) is 25.5. The molecule has 1 saturated heterocycles. The number of hydrogen-bond acceptors (Lipinski definition) is 10. The number of rotatable bonds is 7. The van der Waals surface area contributed by atoms with Gasteiger partial charge in [0.05, 0.1) is 0 Å². The van der Waals surface area contributed by atoms with Crippen molar-refractivity contribution in [2.45, 2.75) is 38.7 Å². The first-order valence-electron chi connectivity index (χ1n) is 12.3. The summed E-state index contributed by atoms with van der Waals surface area (Å²) in [7, 11) is 0. The van der Waals surface area contributed by atoms with Gasteiger partial charge in [0.15, 0.2) is 5.82 Å². The van der Waals surface area contributed by atoms with Crippen molar-refractivity contribution in [2.24, 2.45) is 0 Å². The average molecular weight is 497 g/mol. The van der Waals surface area contributed by atoms with E-state index < -0.39 is 0 Å². The molecule has 1 atom stereocenters. The number of anilines is 2. The molecule has 0 aliphatic carbocycles. The first kappa shape index (κ1) is 24.4. The van der Waals surface area contributed by atoms with Crippen molar-refractivity contribution in [3.05, 3.63) is 83.8 Å². The predicted octanol–water partition coefficient (Wildman–Crippen LogP) is 3.67. The monoisotopic (exact) mass is 496 g/mol. The minimum atomic E-state index is -0.383. The van der Waals surface area contributed by atoms with Crippen molar-refractivity contribution in [2.75, 3.05) is 18.4 Å². The highest BCUT2D eigenvalue weighted by Crippen LogP contribution is 2.18. The number of nitrogens with zero attached hydrogens (tertiary/aromatic N) is 6. The SMILES string of the molecule is Cc1cccc(-c2nccc(Nc3ccnc(Cc4ccc(C(=O)OC5CCCNCC5)nc4)n3)n2)n1. The largest absolute Gasteiger partial charge is 0.458 e. The molecular weight excluding hydrogens is 468 g/mol. The Bertz CT molecular complexity index is 1350. The van der Waals surface area contributed by atoms with Crippen LogP contribution >= 0.6 is 0 Å². The minimum Gasteiger partial charge on any atom is -0.458 e. The van der Waals surface area contributed by atoms with Gasteiger partial charge in [-0.1, -0.05) is 12.1 Å². The fourth-order valence-corrected chi connectivity index (χ4v) is 4.05. The highest BCUT2D eigenvalue weighted by molar-refractivity contribution is 5.87. The van der Waals surface area contributed by atoms with Crippen LogP contribution < -0.4 is 10.6 Å². The summed E-state index contributed by atoms with van der Waals surface area (Å²) in [5.74, 6) is 1.97. The lowest BCUT2D eigenvalue weighted by atomic mass is 10.1. The predicted molar refractivity (Wildman–Crippen MR) is 138 cm³/mol. The van der Waals surface area contributed by atoms with Crippen molar-refractivity contribution >= 4 is 17.6 Å². The highest BCUT2D eigenvalue weighted by atomic mass is 16.5. The van der Waals surface area contributed by atoms with Crippen molar-refractivity contribution in [1.29, 1.82) is 0 Å². The number of nitrogens with one attached hydrogen (secondary N) is 2. The third-order valence-corrected chi connectivity index (χ3v) is 5.93. The van der Waals surface area contributed by atoms with Crippen LogP contribution in [0.15, 0.2) is 61.1 Å². The third-order valence-electron chi connectivity index (χ3n) is 5.93. The lowest BCUT2D eigenvalue weighted by Crippen LogP contribution is -2.21. The van der Waals surface area contributed by atoms with E-state index in [0.29, 0.717) is 41.1 Å². The fraction of sp³-hybridized carbons (Fsp3) is 0.296. The zero-order valence-electron chi connectivity index (χ0n) is 20.6. The van der Waals surface area contributed by atoms with Gasteiger partial charge in [-0.3, -0.25) is 0 Å². The lowest BCUT2D eigenvalue weighted by molar-refractivity contribution is 0.0268. The Morgan fingerprint density at radius 1 is 0.973 bits per heavy atom. The van der Waals surface area contributed by atoms with Gasteiger partial charge in [-0.15, -0.1) is 0 Å². The maximum atomic E-state index is 12.5. The van der Waals surface area contributed by atoms with Gasteiger partial charge in [-0.05, 0) is 75.2 Å². The second-order valence-electron chi connectivity index (χ2n) is 8.85. The summed E-state index contributed by atoms with van der Waals surface area (Å²) in [6, 6.07) is 12.8. The lowest BCUT2D eigenvalue weighted by Gasteiger charge is -2.14. The maximum absolute atomic E-state index is 12.5. The molecule has 1 fully saturated rings. The molecule has 1 aliphatic rings. The molecule has 0 bridgehead atoms. The molecule has 4 aromatic heterocycles. The van der Waals surface area contributed by atoms with E-state index >= 15 is 0 Å². The second kappa shape index (κ2) is 11.6. The van der Waals surface area contributed by atoms with E-state index in [2.05, 4.69) is 40.5 Å². The molecule has 188 valence electrons. The Hall–Kier alpha value is -4.31. The molecule has 4 aromatic rings. The minimum absolute atomic E-state index is 0.0633. The molecule has 5 heterocycles. The summed E-state index contributed by atoms with van der Waals surface area (Å²) in [6.07, 6.45) is 8.14. The first-order valence-corrected chi connectivity index (χ1v) is 12.3. The Morgan fingerprint density at radius 3 is 2.68 bits per heavy atom. The van der Waals surface area contributed by atoms with Gasteiger partial charge in [0.2, 0.25) is 0 Å². The molecular formula is C27H28N8O2. The van der Waals surface area contributed by atoms with E-state index in [9.17, 15) is 4.79 Å². The van der Waals surface area contributed by atoms with Gasteiger partial charge >= 0.3 is 5.97 Å². The molecule has 10 heteroatoms. The maximum Gasteiger partial charge on any atom is 0.357 e. The van der Waals surface area contributed by atoms with Gasteiger partial charge in [-0.2, -0.15) is 0 Å². The van der Waals surface area contributed by atoms with Gasteiger partial charge in [0.1, 0.15) is 35.0 Å². The summed E-state index contributed by atoms with van der Waals surface area (Å²) in [6.45, 7) is 3.75. The average Bonchev–Trinajstić information content (AvgIpc) is 3.18. The number of aromatic nitrogens is 6. The Morgan fingerprint density at radius 2 is 1.84 bits per heavy atom. The van der Waals surface area contributed by atoms with Crippen LogP contribution in [-0.2, 0) is 11.2 Å². The molecule has 0 saturated carbocycles. The fourth-order valence-electron chi connectivity index (χ4n) is 4.05. The number of carbonyl (C=O) groups excluding carboxylic acids is 1. The van der Waals surface area contributed by atoms with Crippen molar-refractivity contribution < 1.29 is 9.53 Å². The van der Waals surface area contributed by atoms with Crippen molar-refractivity contribution in [3.63, 3.8) is 0 Å². The molecule has 5 rings (SSSR count). The molecule has 37 heavy (non-hydrogen) atoms. The van der Waals surface area contributed by atoms with Crippen LogP contribution in [0.25, 0.3) is 11.5 Å². The number of pyridine rings is 2. The van der Waals surface area contributed by atoms with Gasteiger partial charge < -0.3 is 15.4 Å². The highest BCUT2D eigenvalue weighted by Gasteiger charge is 2.18. The Labute approximate surface area is 215 Å². The number of hydrogen-bond donors (Lipinski definition) is 2. The van der Waals surface area contributed by atoms with E-state index in [4.69, 9.17) is 4.74 Å². The molecule has 1 unspecified atom stereocenters. The summed E-state index contributed by atoms with van der Waals surface area (Å²) in [4.78, 5) is 39.2. The van der Waals surface area contributed by atoms with Crippen LogP contribution in [0.3, 0.4) is 0 Å². The summed E-state index contributed by atoms with van der Waals surface area (Å²) in [5, 5.41) is 6.53. The van der Waals surface area contributed by atoms with E-state index in [0.717, 1.165) is 43.6 Å². The van der Waals surface area contributed by atoms with Crippen LogP contribution in [-0.4, -0.2) is 55.1 Å². The van der Waals surface area contributed by atoms with Gasteiger partial charge in [0, 0.05) is 30.7 Å². The third kappa shape index (κ3) is 6.68. The number of aryl methyl sites for hydroxylation is 1. The van der Waals surface area contributed by atoms with Crippen LogP contribution in [0.5, 0.6) is 0 Å². The number of carbonyl (C=O) groups is 1. The number of ether oxygens (including phenoxy) is 1. The first-order chi connectivity index (χ1) is 18.1. The van der Waals surface area contributed by atoms with Crippen LogP contribution in [0.2, 0.25) is 0 Å². The van der Waals surface area contributed by atoms with E-state index in [-0.39, 0.29) is 12.1 Å². The van der Waals surface area contributed by atoms with E-state index in [1.165, 1.54) is 0 Å². The second-order valence-corrected chi connectivity index (χ2v) is 8.85. The summed E-state index contributed by atoms with van der Waals surface area (Å²) in [5.41, 5.74) is 2.80. The smallest absolute Gasteiger partial charge is 0.357 e. The zero-order valence-corrected chi connectivity index (χ0v) is 20.6. The quantitative estimate of drug-likeness (QED) is 0.366. The molecule has 1 aliphatic heterocycles. The van der Waals surface area contributed by atoms with Gasteiger partial charge in [-0.25, -0.2) is 34.7 Å². The summed E-state index contributed by atoms with van der Waals surface area (Å²) < 4.78 is 5.64. The topological polar surface area (TPSA) is 128 Å². The van der Waals surface area contributed by atoms with Crippen molar-refractivity contribution in [3.8, 4) is 11.5 Å². The standard InChI is InChI=1S/C27H28N8O2/c1-18-4-2-6-21(32-18)26-30-15-11-24(35-26)33-23-10-14-29-25(34-23)16-19-7-8-22(31-17-19)27(36)37-20-5-3-12-28-13-9-20/h2,4,6-8,10-11,14-15,17,20,28H,3,5,9,12-13,16H2,1H3,(H,29,30,33,34,35). The van der Waals surface area contributed by atoms with Crippen molar-refractivity contribution in [1.82, 2.24) is 35.2 Å². The Kier molecular flexibility index (Phi) is 7.66. The van der Waals surface area contributed by atoms with Crippen LogP contribution in [0, 0.1) is 6.92 Å². The van der Waals surface area contributed by atoms with Gasteiger partial charge in [0.25, 0.3) is 0 Å². The summed E-state index contributed by atoms with van der Waals surface area (Å²) >= 11 is 0. The Balaban J connectivity index is 1.22. The van der Waals surface area contributed by atoms with E-state index in [1.54, 1.807) is 36.8 Å². The number of esters is 1. The normalized spacial score (nSPS) is 15.5. The molecule has 0 amide bonds. The molecule has 0 spiro atoms. The molecule has 0 aromatic carbocycles. The molecule has 0 radical (unpaired) electrons. The molecule has 10 nitrogen and oxygen atoms in total. The van der Waals surface area contributed by atoms with Crippen LogP contribution in [0.1, 0.15) is 46.8 Å². The van der Waals surface area contributed by atoms with E-state index in [1.807, 2.05) is 31.2 Å².